The summed E-state index contributed by atoms with van der Waals surface area (Å²) in [5.41, 5.74) is 5.97. The molecule has 110 valence electrons. The summed E-state index contributed by atoms with van der Waals surface area (Å²) < 4.78 is 32.5. The number of hydrogen-bond acceptors (Lipinski definition) is 5. The van der Waals surface area contributed by atoms with Gasteiger partial charge < -0.3 is 10.5 Å². The van der Waals surface area contributed by atoms with Gasteiger partial charge in [0.05, 0.1) is 12.3 Å². The highest BCUT2D eigenvalue weighted by Crippen LogP contribution is 2.22. The zero-order valence-corrected chi connectivity index (χ0v) is 13.6. The lowest BCUT2D eigenvalue weighted by molar-refractivity contribution is 0.159. The fraction of sp³-hybridized carbons (Fsp3) is 0.200. The molecule has 0 aliphatic carbocycles. The minimum atomic E-state index is -4.14. The molecule has 1 rings (SSSR count). The number of ether oxygens (including phenoxy) is 1. The maximum Gasteiger partial charge on any atom is 0.422 e. The molecule has 10 heteroatoms. The summed E-state index contributed by atoms with van der Waals surface area (Å²) in [5, 5.41) is 0. The lowest BCUT2D eigenvalue weighted by Crippen LogP contribution is -2.36. The molecule has 4 N–H and O–H groups in total. The number of carbonyl (C=O) groups is 1. The first-order valence-electron chi connectivity index (χ1n) is 5.32. The smallest absolute Gasteiger partial charge is 0.422 e. The van der Waals surface area contributed by atoms with Gasteiger partial charge in [0.15, 0.2) is 0 Å². The zero-order valence-electron chi connectivity index (χ0n) is 10.3. The van der Waals surface area contributed by atoms with E-state index < -0.39 is 16.3 Å². The van der Waals surface area contributed by atoms with Gasteiger partial charge in [-0.25, -0.2) is 9.52 Å². The Morgan fingerprint density at radius 1 is 1.50 bits per heavy atom. The molecule has 1 aromatic carbocycles. The number of benzene rings is 1. The standard InChI is InChI=1S/C10H12BrN3O4S2/c1-2-18-10(15)14-20(16,17)13-8-5-6(11)3-4-7(8)9(12)19/h3-5,13H,2H2,1H3,(H2,12,19)(H,14,15). The first-order valence-corrected chi connectivity index (χ1v) is 8.00. The van der Waals surface area contributed by atoms with E-state index in [2.05, 4.69) is 25.4 Å². The fourth-order valence-corrected chi connectivity index (χ4v) is 2.58. The molecule has 0 aliphatic heterocycles. The van der Waals surface area contributed by atoms with Crippen molar-refractivity contribution < 1.29 is 17.9 Å². The van der Waals surface area contributed by atoms with Gasteiger partial charge in [-0.3, -0.25) is 4.72 Å². The van der Waals surface area contributed by atoms with Crippen molar-refractivity contribution in [3.63, 3.8) is 0 Å². The summed E-state index contributed by atoms with van der Waals surface area (Å²) >= 11 is 8.02. The molecule has 0 bridgehead atoms. The van der Waals surface area contributed by atoms with Crippen molar-refractivity contribution in [1.82, 2.24) is 4.72 Å². The van der Waals surface area contributed by atoms with Gasteiger partial charge >= 0.3 is 16.3 Å². The minimum Gasteiger partial charge on any atom is -0.449 e. The van der Waals surface area contributed by atoms with Crippen molar-refractivity contribution in [3.8, 4) is 0 Å². The second-order valence-corrected chi connectivity index (χ2v) is 6.25. The third kappa shape index (κ3) is 4.94. The Kier molecular flexibility index (Phi) is 5.72. The Bertz CT molecular complexity index is 633. The molecule has 0 aliphatic rings. The molecule has 7 nitrogen and oxygen atoms in total. The highest BCUT2D eigenvalue weighted by atomic mass is 79.9. The highest BCUT2D eigenvalue weighted by Gasteiger charge is 2.17. The zero-order chi connectivity index (χ0) is 15.3. The molecule has 0 saturated heterocycles. The van der Waals surface area contributed by atoms with Gasteiger partial charge in [-0.15, -0.1) is 0 Å². The van der Waals surface area contributed by atoms with Crippen LogP contribution in [0.4, 0.5) is 10.5 Å². The average Bonchev–Trinajstić information content (AvgIpc) is 2.26. The SMILES string of the molecule is CCOC(=O)NS(=O)(=O)Nc1cc(Br)ccc1C(N)=S. The van der Waals surface area contributed by atoms with Crippen LogP contribution >= 0.6 is 28.1 Å². The summed E-state index contributed by atoms with van der Waals surface area (Å²) in [4.78, 5) is 11.1. The second-order valence-electron chi connectivity index (χ2n) is 3.48. The van der Waals surface area contributed by atoms with E-state index in [4.69, 9.17) is 18.0 Å². The summed E-state index contributed by atoms with van der Waals surface area (Å²) in [6.45, 7) is 1.61. The van der Waals surface area contributed by atoms with Crippen LogP contribution in [0.1, 0.15) is 12.5 Å². The molecule has 1 amide bonds. The van der Waals surface area contributed by atoms with Crippen molar-refractivity contribution in [2.75, 3.05) is 11.3 Å². The molecule has 20 heavy (non-hydrogen) atoms. The Hall–Kier alpha value is -1.39. The maximum absolute atomic E-state index is 11.7. The number of amides is 1. The van der Waals surface area contributed by atoms with Crippen molar-refractivity contribution >= 4 is 55.1 Å². The number of nitrogens with two attached hydrogens (primary N) is 1. The third-order valence-electron chi connectivity index (χ3n) is 1.98. The number of anilines is 1. The van der Waals surface area contributed by atoms with E-state index in [0.717, 1.165) is 0 Å². The van der Waals surface area contributed by atoms with E-state index in [1.807, 2.05) is 0 Å². The van der Waals surface area contributed by atoms with E-state index in [1.54, 1.807) is 23.8 Å². The summed E-state index contributed by atoms with van der Waals surface area (Å²) in [5.74, 6) is 0. The van der Waals surface area contributed by atoms with Crippen molar-refractivity contribution in [3.05, 3.63) is 28.2 Å². The number of hydrogen-bond donors (Lipinski definition) is 3. The van der Waals surface area contributed by atoms with Crippen LogP contribution in [-0.2, 0) is 14.9 Å². The first kappa shape index (κ1) is 16.7. The third-order valence-corrected chi connectivity index (χ3v) is 3.62. The monoisotopic (exact) mass is 381 g/mol. The topological polar surface area (TPSA) is 111 Å². The van der Waals surface area contributed by atoms with Gasteiger partial charge in [0.2, 0.25) is 0 Å². The predicted molar refractivity (Wildman–Crippen MR) is 82.7 cm³/mol. The second kappa shape index (κ2) is 6.86. The molecule has 0 unspecified atom stereocenters. The Labute approximate surface area is 130 Å². The van der Waals surface area contributed by atoms with E-state index in [0.29, 0.717) is 10.0 Å². The predicted octanol–water partition coefficient (Wildman–Crippen LogP) is 1.49. The fourth-order valence-electron chi connectivity index (χ4n) is 1.26. The Balaban J connectivity index is 3.00. The molecule has 0 heterocycles. The highest BCUT2D eigenvalue weighted by molar-refractivity contribution is 9.10. The summed E-state index contributed by atoms with van der Waals surface area (Å²) in [6, 6.07) is 4.68. The van der Waals surface area contributed by atoms with Crippen LogP contribution < -0.4 is 15.2 Å². The van der Waals surface area contributed by atoms with Gasteiger partial charge in [0.1, 0.15) is 4.99 Å². The van der Waals surface area contributed by atoms with E-state index in [-0.39, 0.29) is 17.3 Å². The molecule has 0 aromatic heterocycles. The lowest BCUT2D eigenvalue weighted by Gasteiger charge is -2.12. The summed E-state index contributed by atoms with van der Waals surface area (Å²) in [6.07, 6.45) is -1.08. The van der Waals surface area contributed by atoms with Crippen LogP contribution in [0.25, 0.3) is 0 Å². The number of thiocarbonyl (C=S) groups is 1. The van der Waals surface area contributed by atoms with E-state index in [9.17, 15) is 13.2 Å². The summed E-state index contributed by atoms with van der Waals surface area (Å²) in [7, 11) is -4.14. The Morgan fingerprint density at radius 3 is 2.70 bits per heavy atom. The van der Waals surface area contributed by atoms with Crippen LogP contribution in [-0.4, -0.2) is 26.1 Å². The minimum absolute atomic E-state index is 0.0198. The average molecular weight is 382 g/mol. The number of carbonyl (C=O) groups excluding carboxylic acids is 1. The molecule has 0 fully saturated rings. The molecular formula is C10H12BrN3O4S2. The first-order chi connectivity index (χ1) is 9.25. The molecule has 0 radical (unpaired) electrons. The lowest BCUT2D eigenvalue weighted by atomic mass is 10.2. The molecular weight excluding hydrogens is 370 g/mol. The van der Waals surface area contributed by atoms with Gasteiger partial charge in [-0.05, 0) is 25.1 Å². The largest absolute Gasteiger partial charge is 0.449 e. The van der Waals surface area contributed by atoms with Gasteiger partial charge in [0, 0.05) is 10.0 Å². The number of halogens is 1. The van der Waals surface area contributed by atoms with E-state index in [1.165, 1.54) is 6.07 Å². The maximum atomic E-state index is 11.7. The number of rotatable bonds is 5. The van der Waals surface area contributed by atoms with Gasteiger partial charge in [-0.2, -0.15) is 8.42 Å². The van der Waals surface area contributed by atoms with Crippen molar-refractivity contribution in [2.45, 2.75) is 6.92 Å². The quantitative estimate of drug-likeness (QED) is 0.666. The molecule has 0 saturated carbocycles. The van der Waals surface area contributed by atoms with Gasteiger partial charge in [-0.1, -0.05) is 28.1 Å². The van der Waals surface area contributed by atoms with Gasteiger partial charge in [0.25, 0.3) is 0 Å². The van der Waals surface area contributed by atoms with Crippen LogP contribution in [0.2, 0.25) is 0 Å². The van der Waals surface area contributed by atoms with Crippen molar-refractivity contribution in [2.24, 2.45) is 5.73 Å². The van der Waals surface area contributed by atoms with Crippen molar-refractivity contribution in [1.29, 1.82) is 0 Å². The van der Waals surface area contributed by atoms with Crippen LogP contribution in [0.15, 0.2) is 22.7 Å². The Morgan fingerprint density at radius 2 is 2.15 bits per heavy atom. The van der Waals surface area contributed by atoms with Crippen LogP contribution in [0.5, 0.6) is 0 Å². The molecule has 0 atom stereocenters. The van der Waals surface area contributed by atoms with E-state index >= 15 is 0 Å². The molecule has 0 spiro atoms. The van der Waals surface area contributed by atoms with Crippen LogP contribution in [0, 0.1) is 0 Å². The molecule has 1 aromatic rings. The number of nitrogens with one attached hydrogen (secondary N) is 2. The van der Waals surface area contributed by atoms with Crippen LogP contribution in [0.3, 0.4) is 0 Å². The normalized spacial score (nSPS) is 10.7.